The lowest BCUT2D eigenvalue weighted by molar-refractivity contribution is 0.332. The number of sulfonamides is 1. The van der Waals surface area contributed by atoms with Crippen molar-refractivity contribution in [3.63, 3.8) is 0 Å². The van der Waals surface area contributed by atoms with E-state index in [1.54, 1.807) is 6.92 Å². The molecule has 1 N–H and O–H groups in total. The van der Waals surface area contributed by atoms with Gasteiger partial charge in [-0.2, -0.15) is 9.40 Å². The Labute approximate surface area is 126 Å². The Hall–Kier alpha value is -0.630. The van der Waals surface area contributed by atoms with Crippen LogP contribution in [0.5, 0.6) is 0 Å². The van der Waals surface area contributed by atoms with Crippen LogP contribution >= 0.6 is 11.6 Å². The molecule has 0 unspecified atom stereocenters. The van der Waals surface area contributed by atoms with E-state index in [0.29, 0.717) is 30.9 Å². The third-order valence-corrected chi connectivity index (χ3v) is 5.16. The minimum atomic E-state index is -3.60. The summed E-state index contributed by atoms with van der Waals surface area (Å²) < 4.78 is 26.9. The number of nitrogens with zero attached hydrogens (tertiary/aromatic N) is 3. The number of hydrogen-bond donors (Lipinski definition) is 1. The van der Waals surface area contributed by atoms with Crippen LogP contribution in [0.15, 0.2) is 5.03 Å². The van der Waals surface area contributed by atoms with Gasteiger partial charge in [-0.25, -0.2) is 8.42 Å². The quantitative estimate of drug-likeness (QED) is 0.735. The number of nitrogens with one attached hydrogen (secondary N) is 1. The van der Waals surface area contributed by atoms with Gasteiger partial charge in [0.25, 0.3) is 10.0 Å². The number of likely N-dealkylation sites (N-methyl/N-ethyl adjacent to an activating group) is 1. The van der Waals surface area contributed by atoms with Gasteiger partial charge in [0.15, 0.2) is 5.03 Å². The topological polar surface area (TPSA) is 69.3 Å². The fourth-order valence-corrected chi connectivity index (χ4v) is 3.93. The molecule has 1 rings (SSSR count). The van der Waals surface area contributed by atoms with Gasteiger partial charge in [0.2, 0.25) is 0 Å². The summed E-state index contributed by atoms with van der Waals surface area (Å²) in [5.74, 6) is 0.130. The normalized spacial score (nSPS) is 12.6. The maximum absolute atomic E-state index is 12.7. The minimum absolute atomic E-state index is 0.0530. The van der Waals surface area contributed by atoms with Crippen molar-refractivity contribution in [3.8, 4) is 0 Å². The molecule has 8 heteroatoms. The van der Waals surface area contributed by atoms with E-state index in [4.69, 9.17) is 11.6 Å². The van der Waals surface area contributed by atoms with E-state index >= 15 is 0 Å². The Morgan fingerprint density at radius 2 is 1.90 bits per heavy atom. The molecule has 0 aromatic carbocycles. The third-order valence-electron chi connectivity index (χ3n) is 3.02. The van der Waals surface area contributed by atoms with Crippen molar-refractivity contribution < 1.29 is 8.42 Å². The van der Waals surface area contributed by atoms with Crippen LogP contribution in [0.2, 0.25) is 0 Å². The van der Waals surface area contributed by atoms with E-state index in [0.717, 1.165) is 6.42 Å². The largest absolute Gasteiger partial charge is 0.308 e. The summed E-state index contributed by atoms with van der Waals surface area (Å²) in [6.45, 7) is 5.31. The van der Waals surface area contributed by atoms with Crippen LogP contribution in [0, 0.1) is 6.92 Å². The minimum Gasteiger partial charge on any atom is -0.308 e. The second-order valence-electron chi connectivity index (χ2n) is 4.97. The second kappa shape index (κ2) is 7.40. The molecule has 0 radical (unpaired) electrons. The lowest BCUT2D eigenvalue weighted by Crippen LogP contribution is -2.37. The van der Waals surface area contributed by atoms with E-state index in [2.05, 4.69) is 10.2 Å². The average molecular weight is 323 g/mol. The molecular formula is C12H23ClN4O2S. The molecule has 1 heterocycles. The highest BCUT2D eigenvalue weighted by atomic mass is 35.5. The van der Waals surface area contributed by atoms with E-state index in [-0.39, 0.29) is 10.9 Å². The van der Waals surface area contributed by atoms with Crippen molar-refractivity contribution in [2.75, 3.05) is 33.7 Å². The highest BCUT2D eigenvalue weighted by molar-refractivity contribution is 7.89. The fraction of sp³-hybridized carbons (Fsp3) is 0.750. The first-order chi connectivity index (χ1) is 9.34. The summed E-state index contributed by atoms with van der Waals surface area (Å²) >= 11 is 5.84. The molecule has 0 aliphatic carbocycles. The molecule has 0 atom stereocenters. The number of alkyl halides is 1. The molecule has 116 valence electrons. The molecule has 0 amide bonds. The second-order valence-corrected chi connectivity index (χ2v) is 7.09. The monoisotopic (exact) mass is 322 g/mol. The summed E-state index contributed by atoms with van der Waals surface area (Å²) in [5.41, 5.74) is 1.25. The van der Waals surface area contributed by atoms with Crippen molar-refractivity contribution in [2.45, 2.75) is 31.2 Å². The molecule has 20 heavy (non-hydrogen) atoms. The first kappa shape index (κ1) is 17.4. The number of aromatic amines is 1. The number of hydrogen-bond acceptors (Lipinski definition) is 4. The molecular weight excluding hydrogens is 300 g/mol. The number of aromatic nitrogens is 2. The van der Waals surface area contributed by atoms with Crippen LogP contribution in [-0.4, -0.2) is 61.5 Å². The van der Waals surface area contributed by atoms with Crippen LogP contribution in [0.3, 0.4) is 0 Å². The lowest BCUT2D eigenvalue weighted by Gasteiger charge is -2.22. The molecule has 0 aliphatic heterocycles. The summed E-state index contributed by atoms with van der Waals surface area (Å²) in [6, 6.07) is 0. The summed E-state index contributed by atoms with van der Waals surface area (Å²) in [7, 11) is 0.232. The van der Waals surface area contributed by atoms with Crippen molar-refractivity contribution in [3.05, 3.63) is 11.3 Å². The Morgan fingerprint density at radius 1 is 1.25 bits per heavy atom. The number of H-pyrrole nitrogens is 1. The van der Waals surface area contributed by atoms with E-state index in [1.165, 1.54) is 4.31 Å². The highest BCUT2D eigenvalue weighted by Gasteiger charge is 2.29. The van der Waals surface area contributed by atoms with E-state index in [9.17, 15) is 8.42 Å². The molecule has 6 nitrogen and oxygen atoms in total. The predicted molar refractivity (Wildman–Crippen MR) is 80.5 cm³/mol. The Balaban J connectivity index is 3.08. The van der Waals surface area contributed by atoms with Crippen molar-refractivity contribution in [1.29, 1.82) is 0 Å². The Bertz CT molecular complexity index is 528. The molecule has 0 aliphatic rings. The zero-order chi connectivity index (χ0) is 15.3. The number of rotatable bonds is 8. The van der Waals surface area contributed by atoms with Crippen molar-refractivity contribution in [1.82, 2.24) is 19.4 Å². The zero-order valence-electron chi connectivity index (χ0n) is 12.5. The molecule has 0 saturated carbocycles. The van der Waals surface area contributed by atoms with E-state index in [1.807, 2.05) is 25.9 Å². The van der Waals surface area contributed by atoms with Gasteiger partial charge in [-0.3, -0.25) is 5.10 Å². The number of aryl methyl sites for hydroxylation is 1. The molecule has 1 aromatic heterocycles. The van der Waals surface area contributed by atoms with Gasteiger partial charge in [0.05, 0.1) is 5.88 Å². The first-order valence-electron chi connectivity index (χ1n) is 6.59. The van der Waals surface area contributed by atoms with Crippen molar-refractivity contribution >= 4 is 21.6 Å². The van der Waals surface area contributed by atoms with Gasteiger partial charge in [0.1, 0.15) is 0 Å². The fourth-order valence-electron chi connectivity index (χ4n) is 1.84. The van der Waals surface area contributed by atoms with Gasteiger partial charge in [-0.1, -0.05) is 6.92 Å². The maximum atomic E-state index is 12.7. The van der Waals surface area contributed by atoms with Gasteiger partial charge >= 0.3 is 0 Å². The summed E-state index contributed by atoms with van der Waals surface area (Å²) in [4.78, 5) is 1.95. The average Bonchev–Trinajstić information content (AvgIpc) is 2.75. The molecule has 0 bridgehead atoms. The van der Waals surface area contributed by atoms with Crippen LogP contribution in [0.1, 0.15) is 24.6 Å². The summed E-state index contributed by atoms with van der Waals surface area (Å²) in [5, 5.41) is 6.69. The van der Waals surface area contributed by atoms with Crippen LogP contribution < -0.4 is 0 Å². The van der Waals surface area contributed by atoms with Gasteiger partial charge < -0.3 is 4.90 Å². The Morgan fingerprint density at radius 3 is 2.40 bits per heavy atom. The molecule has 0 spiro atoms. The maximum Gasteiger partial charge on any atom is 0.262 e. The highest BCUT2D eigenvalue weighted by Crippen LogP contribution is 2.22. The standard InChI is InChI=1S/C12H23ClN4O2S/c1-5-6-17(8-7-16(3)4)20(18,19)12-11(9-13)10(2)14-15-12/h5-9H2,1-4H3,(H,14,15). The van der Waals surface area contributed by atoms with E-state index < -0.39 is 10.0 Å². The zero-order valence-corrected chi connectivity index (χ0v) is 14.1. The molecule has 0 fully saturated rings. The van der Waals surface area contributed by atoms with Gasteiger partial charge in [-0.05, 0) is 27.4 Å². The Kier molecular flexibility index (Phi) is 6.44. The smallest absolute Gasteiger partial charge is 0.262 e. The van der Waals surface area contributed by atoms with Crippen molar-refractivity contribution in [2.24, 2.45) is 0 Å². The number of halogens is 1. The van der Waals surface area contributed by atoms with Crippen LogP contribution in [-0.2, 0) is 15.9 Å². The first-order valence-corrected chi connectivity index (χ1v) is 8.56. The lowest BCUT2D eigenvalue weighted by atomic mass is 10.3. The SMILES string of the molecule is CCCN(CCN(C)C)S(=O)(=O)c1n[nH]c(C)c1CCl. The molecule has 1 aromatic rings. The summed E-state index contributed by atoms with van der Waals surface area (Å²) in [6.07, 6.45) is 0.756. The van der Waals surface area contributed by atoms with Crippen LogP contribution in [0.4, 0.5) is 0 Å². The van der Waals surface area contributed by atoms with Crippen LogP contribution in [0.25, 0.3) is 0 Å². The van der Waals surface area contributed by atoms with Gasteiger partial charge in [0, 0.05) is 30.9 Å². The van der Waals surface area contributed by atoms with Gasteiger partial charge in [-0.15, -0.1) is 11.6 Å². The molecule has 0 saturated heterocycles. The third kappa shape index (κ3) is 3.94. The predicted octanol–water partition coefficient (Wildman–Crippen LogP) is 1.42.